The molecule has 0 unspecified atom stereocenters. The first-order chi connectivity index (χ1) is 16.1. The number of aromatic nitrogens is 3. The summed E-state index contributed by atoms with van der Waals surface area (Å²) in [4.78, 5) is 18.0. The van der Waals surface area contributed by atoms with E-state index in [2.05, 4.69) is 32.9 Å². The van der Waals surface area contributed by atoms with Crippen LogP contribution in [0.25, 0.3) is 33.7 Å². The highest BCUT2D eigenvalue weighted by atomic mass is 79.9. The van der Waals surface area contributed by atoms with Crippen molar-refractivity contribution in [3.8, 4) is 28.5 Å². The Balaban J connectivity index is 1.40. The van der Waals surface area contributed by atoms with Crippen molar-refractivity contribution in [2.24, 2.45) is 0 Å². The van der Waals surface area contributed by atoms with Crippen LogP contribution in [-0.4, -0.2) is 21.2 Å². The van der Waals surface area contributed by atoms with E-state index in [0.717, 1.165) is 40.0 Å². The van der Waals surface area contributed by atoms with Crippen LogP contribution in [0.1, 0.15) is 25.5 Å². The highest BCUT2D eigenvalue weighted by molar-refractivity contribution is 9.10. The van der Waals surface area contributed by atoms with E-state index in [0.29, 0.717) is 27.7 Å². The maximum atomic E-state index is 12.9. The number of rotatable bonds is 7. The van der Waals surface area contributed by atoms with Gasteiger partial charge in [0.05, 0.1) is 6.61 Å². The third kappa shape index (κ3) is 4.62. The van der Waals surface area contributed by atoms with Gasteiger partial charge >= 0.3 is 0 Å². The monoisotopic (exact) mass is 521 g/mol. The largest absolute Gasteiger partial charge is 0.494 e. The van der Waals surface area contributed by atoms with Crippen molar-refractivity contribution < 1.29 is 9.15 Å². The summed E-state index contributed by atoms with van der Waals surface area (Å²) in [7, 11) is 0. The lowest BCUT2D eigenvalue weighted by Gasteiger charge is -2.05. The molecular weight excluding hydrogens is 502 g/mol. The number of unbranched alkanes of at least 4 members (excludes halogenated alkanes) is 1. The predicted octanol–water partition coefficient (Wildman–Crippen LogP) is 5.57. The van der Waals surface area contributed by atoms with Gasteiger partial charge in [-0.25, -0.2) is 0 Å². The van der Waals surface area contributed by atoms with Crippen LogP contribution in [0, 0.1) is 0 Å². The number of furan rings is 1. The second-order valence-corrected chi connectivity index (χ2v) is 9.41. The molecule has 0 fully saturated rings. The maximum absolute atomic E-state index is 12.9. The standard InChI is InChI=1S/C25H20BrN3O3S/c1-2-3-13-31-19-9-7-16(8-10-19)23-27-25-29(28-23)24(30)22(33-25)15-20-11-12-21(32-20)17-5-4-6-18(26)14-17/h4-12,14-15H,2-3,13H2,1H3. The summed E-state index contributed by atoms with van der Waals surface area (Å²) < 4.78 is 14.5. The minimum absolute atomic E-state index is 0.214. The summed E-state index contributed by atoms with van der Waals surface area (Å²) in [5.41, 5.74) is 1.58. The van der Waals surface area contributed by atoms with Crippen LogP contribution in [0.5, 0.6) is 5.75 Å². The van der Waals surface area contributed by atoms with Crippen molar-refractivity contribution in [1.82, 2.24) is 14.6 Å². The van der Waals surface area contributed by atoms with Crippen LogP contribution in [0.4, 0.5) is 0 Å². The number of ether oxygens (including phenoxy) is 1. The van der Waals surface area contributed by atoms with Crippen LogP contribution in [0.3, 0.4) is 0 Å². The van der Waals surface area contributed by atoms with Gasteiger partial charge in [-0.1, -0.05) is 52.7 Å². The molecule has 5 rings (SSSR count). The van der Waals surface area contributed by atoms with Crippen LogP contribution in [0.15, 0.2) is 74.3 Å². The number of benzene rings is 2. The van der Waals surface area contributed by atoms with Crippen molar-refractivity contribution in [2.45, 2.75) is 19.8 Å². The van der Waals surface area contributed by atoms with Gasteiger partial charge in [0.25, 0.3) is 5.56 Å². The minimum atomic E-state index is -0.214. The Hall–Kier alpha value is -3.23. The van der Waals surface area contributed by atoms with Crippen molar-refractivity contribution >= 4 is 38.3 Å². The topological polar surface area (TPSA) is 69.6 Å². The molecule has 3 heterocycles. The number of hydrogen-bond acceptors (Lipinski definition) is 6. The van der Waals surface area contributed by atoms with Crippen molar-refractivity contribution in [3.63, 3.8) is 0 Å². The Labute approximate surface area is 202 Å². The van der Waals surface area contributed by atoms with Crippen LogP contribution in [0.2, 0.25) is 0 Å². The van der Waals surface area contributed by atoms with E-state index in [1.54, 1.807) is 6.08 Å². The summed E-state index contributed by atoms with van der Waals surface area (Å²) >= 11 is 4.76. The normalized spacial score (nSPS) is 12.0. The highest BCUT2D eigenvalue weighted by Gasteiger charge is 2.13. The van der Waals surface area contributed by atoms with Crippen molar-refractivity contribution in [3.05, 3.63) is 85.8 Å². The molecule has 0 amide bonds. The Bertz CT molecular complexity index is 1520. The zero-order valence-electron chi connectivity index (χ0n) is 17.8. The summed E-state index contributed by atoms with van der Waals surface area (Å²) in [6, 6.07) is 19.2. The Morgan fingerprint density at radius 2 is 1.97 bits per heavy atom. The molecule has 0 aliphatic carbocycles. The molecule has 0 aliphatic rings. The molecule has 0 saturated carbocycles. The molecule has 166 valence electrons. The van der Waals surface area contributed by atoms with E-state index in [4.69, 9.17) is 9.15 Å². The zero-order valence-corrected chi connectivity index (χ0v) is 20.2. The molecule has 33 heavy (non-hydrogen) atoms. The predicted molar refractivity (Wildman–Crippen MR) is 134 cm³/mol. The van der Waals surface area contributed by atoms with Crippen LogP contribution in [-0.2, 0) is 0 Å². The molecular formula is C25H20BrN3O3S. The number of halogens is 1. The molecule has 0 aliphatic heterocycles. The summed E-state index contributed by atoms with van der Waals surface area (Å²) in [6.07, 6.45) is 3.85. The van der Waals surface area contributed by atoms with Gasteiger partial charge in [-0.15, -0.1) is 5.10 Å². The first-order valence-electron chi connectivity index (χ1n) is 10.6. The van der Waals surface area contributed by atoms with E-state index < -0.39 is 0 Å². The molecule has 0 radical (unpaired) electrons. The molecule has 6 nitrogen and oxygen atoms in total. The fourth-order valence-corrected chi connectivity index (χ4v) is 4.63. The highest BCUT2D eigenvalue weighted by Crippen LogP contribution is 2.25. The second-order valence-electron chi connectivity index (χ2n) is 7.48. The van der Waals surface area contributed by atoms with E-state index in [1.807, 2.05) is 60.7 Å². The quantitative estimate of drug-likeness (QED) is 0.262. The third-order valence-corrected chi connectivity index (χ3v) is 6.52. The molecule has 0 spiro atoms. The molecule has 0 saturated heterocycles. The van der Waals surface area contributed by atoms with E-state index in [1.165, 1.54) is 15.9 Å². The lowest BCUT2D eigenvalue weighted by atomic mass is 10.2. The Kier molecular flexibility index (Phi) is 6.11. The SMILES string of the molecule is CCCCOc1ccc(-c2nc3sc(=Cc4ccc(-c5cccc(Br)c5)o4)c(=O)n3n2)cc1. The van der Waals surface area contributed by atoms with Crippen LogP contribution < -0.4 is 14.8 Å². The first-order valence-corrected chi connectivity index (χ1v) is 12.2. The molecule has 3 aromatic heterocycles. The summed E-state index contributed by atoms with van der Waals surface area (Å²) in [5, 5.41) is 4.42. The van der Waals surface area contributed by atoms with Gasteiger partial charge in [0.2, 0.25) is 4.96 Å². The lowest BCUT2D eigenvalue weighted by molar-refractivity contribution is 0.309. The van der Waals surface area contributed by atoms with Gasteiger partial charge in [-0.3, -0.25) is 4.79 Å². The molecule has 0 bridgehead atoms. The number of thiazole rings is 1. The summed E-state index contributed by atoms with van der Waals surface area (Å²) in [5.74, 6) is 2.67. The van der Waals surface area contributed by atoms with Gasteiger partial charge in [0.1, 0.15) is 21.8 Å². The van der Waals surface area contributed by atoms with Crippen molar-refractivity contribution in [2.75, 3.05) is 6.61 Å². The third-order valence-electron chi connectivity index (χ3n) is 5.07. The lowest BCUT2D eigenvalue weighted by Crippen LogP contribution is -2.23. The first kappa shape index (κ1) is 21.6. The Morgan fingerprint density at radius 3 is 2.73 bits per heavy atom. The molecule has 0 atom stereocenters. The number of nitrogens with zero attached hydrogens (tertiary/aromatic N) is 3. The molecule has 2 aromatic carbocycles. The van der Waals surface area contributed by atoms with Gasteiger partial charge in [0.15, 0.2) is 5.82 Å². The summed E-state index contributed by atoms with van der Waals surface area (Å²) in [6.45, 7) is 2.83. The second kappa shape index (κ2) is 9.33. The van der Waals surface area contributed by atoms with Gasteiger partial charge in [-0.05, 0) is 55.0 Å². The average Bonchev–Trinajstić information content (AvgIpc) is 3.52. The van der Waals surface area contributed by atoms with E-state index >= 15 is 0 Å². The molecule has 0 N–H and O–H groups in total. The van der Waals surface area contributed by atoms with E-state index in [9.17, 15) is 4.79 Å². The smallest absolute Gasteiger partial charge is 0.291 e. The zero-order chi connectivity index (χ0) is 22.8. The fourth-order valence-electron chi connectivity index (χ4n) is 3.35. The number of fused-ring (bicyclic) bond motifs is 1. The van der Waals surface area contributed by atoms with Gasteiger partial charge in [-0.2, -0.15) is 9.50 Å². The van der Waals surface area contributed by atoms with Crippen LogP contribution >= 0.6 is 27.3 Å². The van der Waals surface area contributed by atoms with Gasteiger partial charge < -0.3 is 9.15 Å². The number of hydrogen-bond donors (Lipinski definition) is 0. The molecule has 5 aromatic rings. The fraction of sp³-hybridized carbons (Fsp3) is 0.160. The minimum Gasteiger partial charge on any atom is -0.494 e. The van der Waals surface area contributed by atoms with E-state index in [-0.39, 0.29) is 5.56 Å². The van der Waals surface area contributed by atoms with Crippen molar-refractivity contribution in [1.29, 1.82) is 0 Å². The molecule has 8 heteroatoms. The van der Waals surface area contributed by atoms with Gasteiger partial charge in [0, 0.05) is 21.7 Å². The maximum Gasteiger partial charge on any atom is 0.291 e. The average molecular weight is 522 g/mol. The Morgan fingerprint density at radius 1 is 1.12 bits per heavy atom.